The summed E-state index contributed by atoms with van der Waals surface area (Å²) < 4.78 is 12.8. The van der Waals surface area contributed by atoms with Crippen LogP contribution in [-0.4, -0.2) is 23.2 Å². The Bertz CT molecular complexity index is 613. The van der Waals surface area contributed by atoms with E-state index in [1.165, 1.54) is 12.1 Å². The molecule has 0 fully saturated rings. The molecule has 3 nitrogen and oxygen atoms in total. The third kappa shape index (κ3) is 5.83. The van der Waals surface area contributed by atoms with E-state index in [2.05, 4.69) is 5.32 Å². The second-order valence-electron chi connectivity index (χ2n) is 5.74. The summed E-state index contributed by atoms with van der Waals surface area (Å²) in [5.41, 5.74) is 1.95. The van der Waals surface area contributed by atoms with Gasteiger partial charge >= 0.3 is 0 Å². The van der Waals surface area contributed by atoms with Crippen LogP contribution in [0, 0.1) is 5.82 Å². The topological polar surface area (TPSA) is 49.3 Å². The Hall–Kier alpha value is -2.20. The Morgan fingerprint density at radius 2 is 1.74 bits per heavy atom. The number of aliphatic hydroxyl groups excluding tert-OH is 1. The summed E-state index contributed by atoms with van der Waals surface area (Å²) in [6.07, 6.45) is 0.731. The van der Waals surface area contributed by atoms with Crippen LogP contribution in [0.15, 0.2) is 54.6 Å². The number of carbonyl (C=O) groups is 1. The molecule has 122 valence electrons. The van der Waals surface area contributed by atoms with E-state index in [0.29, 0.717) is 19.3 Å². The molecule has 0 aliphatic carbocycles. The van der Waals surface area contributed by atoms with Crippen molar-refractivity contribution in [3.05, 3.63) is 71.5 Å². The summed E-state index contributed by atoms with van der Waals surface area (Å²) in [6, 6.07) is 15.5. The highest BCUT2D eigenvalue weighted by atomic mass is 19.1. The maximum absolute atomic E-state index is 12.8. The molecule has 2 aromatic rings. The highest BCUT2D eigenvalue weighted by Gasteiger charge is 2.16. The second kappa shape index (κ2) is 8.44. The minimum absolute atomic E-state index is 0.117. The Balaban J connectivity index is 1.76. The average molecular weight is 315 g/mol. The van der Waals surface area contributed by atoms with Crippen LogP contribution in [0.25, 0.3) is 0 Å². The molecule has 2 rings (SSSR count). The molecule has 1 amide bonds. The molecule has 0 saturated heterocycles. The van der Waals surface area contributed by atoms with Crippen molar-refractivity contribution in [2.75, 3.05) is 0 Å². The van der Waals surface area contributed by atoms with Gasteiger partial charge in [-0.1, -0.05) is 42.5 Å². The van der Waals surface area contributed by atoms with Gasteiger partial charge in [0.2, 0.25) is 5.91 Å². The maximum Gasteiger partial charge on any atom is 0.220 e. The van der Waals surface area contributed by atoms with E-state index in [9.17, 15) is 14.3 Å². The molecule has 4 heteroatoms. The molecular weight excluding hydrogens is 293 g/mol. The molecule has 2 atom stereocenters. The standard InChI is InChI=1S/C19H22FNO2/c1-14(18(22)13-16-5-3-2-4-6-16)21-19(23)12-9-15-7-10-17(20)11-8-15/h2-8,10-11,14,18,22H,9,12-13H2,1H3,(H,21,23). The lowest BCUT2D eigenvalue weighted by atomic mass is 10.0. The first-order chi connectivity index (χ1) is 11.0. The fourth-order valence-electron chi connectivity index (χ4n) is 2.36. The van der Waals surface area contributed by atoms with Gasteiger partial charge < -0.3 is 10.4 Å². The van der Waals surface area contributed by atoms with Gasteiger partial charge in [-0.25, -0.2) is 4.39 Å². The van der Waals surface area contributed by atoms with Crippen molar-refractivity contribution >= 4 is 5.91 Å². The first kappa shape index (κ1) is 17.2. The summed E-state index contributed by atoms with van der Waals surface area (Å²) in [5.74, 6) is -0.398. The second-order valence-corrected chi connectivity index (χ2v) is 5.74. The van der Waals surface area contributed by atoms with Crippen molar-refractivity contribution in [2.24, 2.45) is 0 Å². The van der Waals surface area contributed by atoms with Crippen LogP contribution in [0.2, 0.25) is 0 Å². The van der Waals surface area contributed by atoms with Gasteiger partial charge in [0.15, 0.2) is 0 Å². The van der Waals surface area contributed by atoms with Gasteiger partial charge in [0.05, 0.1) is 12.1 Å². The molecule has 0 saturated carbocycles. The van der Waals surface area contributed by atoms with Gasteiger partial charge in [0, 0.05) is 12.8 Å². The highest BCUT2D eigenvalue weighted by molar-refractivity contribution is 5.76. The van der Waals surface area contributed by atoms with E-state index in [1.807, 2.05) is 30.3 Å². The quantitative estimate of drug-likeness (QED) is 0.825. The zero-order valence-electron chi connectivity index (χ0n) is 13.2. The Morgan fingerprint density at radius 3 is 2.39 bits per heavy atom. The minimum Gasteiger partial charge on any atom is -0.391 e. The van der Waals surface area contributed by atoms with Gasteiger partial charge in [0.25, 0.3) is 0 Å². The Kier molecular flexibility index (Phi) is 6.29. The number of halogens is 1. The van der Waals surface area contributed by atoms with E-state index in [4.69, 9.17) is 0 Å². The van der Waals surface area contributed by atoms with E-state index < -0.39 is 6.10 Å². The van der Waals surface area contributed by atoms with Crippen LogP contribution in [0.1, 0.15) is 24.5 Å². The van der Waals surface area contributed by atoms with Gasteiger partial charge in [-0.15, -0.1) is 0 Å². The van der Waals surface area contributed by atoms with Crippen LogP contribution < -0.4 is 5.32 Å². The largest absolute Gasteiger partial charge is 0.391 e. The number of aliphatic hydroxyl groups is 1. The number of amides is 1. The molecule has 0 aliphatic heterocycles. The molecule has 0 aliphatic rings. The van der Waals surface area contributed by atoms with E-state index in [-0.39, 0.29) is 17.8 Å². The van der Waals surface area contributed by atoms with Crippen molar-refractivity contribution in [1.29, 1.82) is 0 Å². The molecule has 2 aromatic carbocycles. The number of hydrogen-bond donors (Lipinski definition) is 2. The SMILES string of the molecule is CC(NC(=O)CCc1ccc(F)cc1)C(O)Cc1ccccc1. The summed E-state index contributed by atoms with van der Waals surface area (Å²) in [7, 11) is 0. The molecule has 0 spiro atoms. The van der Waals surface area contributed by atoms with Crippen LogP contribution >= 0.6 is 0 Å². The van der Waals surface area contributed by atoms with Crippen LogP contribution in [0.5, 0.6) is 0 Å². The summed E-state index contributed by atoms with van der Waals surface area (Å²) in [4.78, 5) is 12.0. The fourth-order valence-corrected chi connectivity index (χ4v) is 2.36. The number of nitrogens with one attached hydrogen (secondary N) is 1. The summed E-state index contributed by atoms with van der Waals surface area (Å²) >= 11 is 0. The lowest BCUT2D eigenvalue weighted by molar-refractivity contribution is -0.122. The zero-order valence-corrected chi connectivity index (χ0v) is 13.2. The maximum atomic E-state index is 12.8. The van der Waals surface area contributed by atoms with Gasteiger partial charge in [0.1, 0.15) is 5.82 Å². The monoisotopic (exact) mass is 315 g/mol. The van der Waals surface area contributed by atoms with Crippen molar-refractivity contribution < 1.29 is 14.3 Å². The lowest BCUT2D eigenvalue weighted by Crippen LogP contribution is -2.42. The predicted octanol–water partition coefficient (Wildman–Crippen LogP) is 2.87. The third-order valence-corrected chi connectivity index (χ3v) is 3.81. The Labute approximate surface area is 136 Å². The molecule has 0 aromatic heterocycles. The molecule has 23 heavy (non-hydrogen) atoms. The highest BCUT2D eigenvalue weighted by Crippen LogP contribution is 2.08. The van der Waals surface area contributed by atoms with Crippen molar-refractivity contribution in [3.8, 4) is 0 Å². The van der Waals surface area contributed by atoms with E-state index in [0.717, 1.165) is 11.1 Å². The van der Waals surface area contributed by atoms with Crippen LogP contribution in [0.3, 0.4) is 0 Å². The van der Waals surface area contributed by atoms with Gasteiger partial charge in [-0.2, -0.15) is 0 Å². The van der Waals surface area contributed by atoms with Crippen molar-refractivity contribution in [1.82, 2.24) is 5.32 Å². The molecule has 2 unspecified atom stereocenters. The molecule has 0 heterocycles. The van der Waals surface area contributed by atoms with Crippen molar-refractivity contribution in [2.45, 2.75) is 38.3 Å². The molecule has 0 radical (unpaired) electrons. The molecule has 0 bridgehead atoms. The first-order valence-electron chi connectivity index (χ1n) is 7.80. The number of hydrogen-bond acceptors (Lipinski definition) is 2. The number of rotatable bonds is 7. The van der Waals surface area contributed by atoms with E-state index >= 15 is 0 Å². The van der Waals surface area contributed by atoms with E-state index in [1.54, 1.807) is 19.1 Å². The lowest BCUT2D eigenvalue weighted by Gasteiger charge is -2.20. The molecular formula is C19H22FNO2. The van der Waals surface area contributed by atoms with Crippen LogP contribution in [0.4, 0.5) is 4.39 Å². The Morgan fingerprint density at radius 1 is 1.09 bits per heavy atom. The first-order valence-corrected chi connectivity index (χ1v) is 7.80. The zero-order chi connectivity index (χ0) is 16.7. The van der Waals surface area contributed by atoms with Crippen molar-refractivity contribution in [3.63, 3.8) is 0 Å². The summed E-state index contributed by atoms with van der Waals surface area (Å²) in [6.45, 7) is 1.80. The normalized spacial score (nSPS) is 13.3. The van der Waals surface area contributed by atoms with Gasteiger partial charge in [-0.05, 0) is 36.6 Å². The number of aryl methyl sites for hydroxylation is 1. The third-order valence-electron chi connectivity index (χ3n) is 3.81. The van der Waals surface area contributed by atoms with Crippen LogP contribution in [-0.2, 0) is 17.6 Å². The fraction of sp³-hybridized carbons (Fsp3) is 0.316. The number of carbonyl (C=O) groups excluding carboxylic acids is 1. The summed E-state index contributed by atoms with van der Waals surface area (Å²) in [5, 5.41) is 13.0. The smallest absolute Gasteiger partial charge is 0.220 e. The minimum atomic E-state index is -0.632. The van der Waals surface area contributed by atoms with Gasteiger partial charge in [-0.3, -0.25) is 4.79 Å². The number of benzene rings is 2. The predicted molar refractivity (Wildman–Crippen MR) is 88.5 cm³/mol. The molecule has 2 N–H and O–H groups in total. The average Bonchev–Trinajstić information content (AvgIpc) is 2.55.